The van der Waals surface area contributed by atoms with E-state index in [-0.39, 0.29) is 0 Å². The van der Waals surface area contributed by atoms with E-state index < -0.39 is 0 Å². The van der Waals surface area contributed by atoms with Gasteiger partial charge in [-0.15, -0.1) is 6.58 Å². The molecule has 1 atom stereocenters. The summed E-state index contributed by atoms with van der Waals surface area (Å²) in [7, 11) is 0. The van der Waals surface area contributed by atoms with Crippen molar-refractivity contribution in [1.82, 2.24) is 0 Å². The Kier molecular flexibility index (Phi) is 3.13. The first-order chi connectivity index (χ1) is 5.67. The van der Waals surface area contributed by atoms with Crippen LogP contribution in [0.25, 0.3) is 0 Å². The highest BCUT2D eigenvalue weighted by Gasteiger charge is 2.27. The van der Waals surface area contributed by atoms with Crippen molar-refractivity contribution in [2.75, 3.05) is 0 Å². The summed E-state index contributed by atoms with van der Waals surface area (Å²) in [5.74, 6) is 0.803. The van der Waals surface area contributed by atoms with Gasteiger partial charge in [-0.05, 0) is 37.0 Å². The lowest BCUT2D eigenvalue weighted by Gasteiger charge is -2.30. The molecule has 1 aliphatic carbocycles. The van der Waals surface area contributed by atoms with Gasteiger partial charge in [-0.25, -0.2) is 0 Å². The lowest BCUT2D eigenvalue weighted by atomic mass is 9.75. The summed E-state index contributed by atoms with van der Waals surface area (Å²) in [4.78, 5) is 0. The summed E-state index contributed by atoms with van der Waals surface area (Å²) in [6.07, 6.45) is 11.8. The molecule has 1 unspecified atom stereocenters. The van der Waals surface area contributed by atoms with E-state index in [1.54, 1.807) is 0 Å². The summed E-state index contributed by atoms with van der Waals surface area (Å²) in [6.45, 7) is 8.52. The second kappa shape index (κ2) is 3.93. The summed E-state index contributed by atoms with van der Waals surface area (Å²) in [5, 5.41) is 0. The molecular formula is C12H20. The highest BCUT2D eigenvalue weighted by molar-refractivity contribution is 5.02. The van der Waals surface area contributed by atoms with Gasteiger partial charge in [-0.1, -0.05) is 32.1 Å². The molecule has 0 bridgehead atoms. The molecule has 0 amide bonds. The fraction of sp³-hybridized carbons (Fsp3) is 0.667. The van der Waals surface area contributed by atoms with Crippen LogP contribution in [0.2, 0.25) is 0 Å². The fourth-order valence-corrected chi connectivity index (χ4v) is 1.94. The lowest BCUT2D eigenvalue weighted by Crippen LogP contribution is -2.20. The van der Waals surface area contributed by atoms with Gasteiger partial charge in [0, 0.05) is 0 Å². The van der Waals surface area contributed by atoms with Gasteiger partial charge in [0.2, 0.25) is 0 Å². The van der Waals surface area contributed by atoms with Crippen LogP contribution in [0.1, 0.15) is 39.5 Å². The topological polar surface area (TPSA) is 0 Å². The van der Waals surface area contributed by atoms with E-state index >= 15 is 0 Å². The van der Waals surface area contributed by atoms with Crippen LogP contribution < -0.4 is 0 Å². The van der Waals surface area contributed by atoms with Crippen molar-refractivity contribution in [3.63, 3.8) is 0 Å². The molecule has 12 heavy (non-hydrogen) atoms. The van der Waals surface area contributed by atoms with E-state index in [1.807, 2.05) is 6.08 Å². The van der Waals surface area contributed by atoms with Gasteiger partial charge in [-0.3, -0.25) is 0 Å². The molecule has 0 heteroatoms. The normalized spacial score (nSPS) is 23.0. The molecule has 0 spiro atoms. The molecule has 0 aromatic carbocycles. The van der Waals surface area contributed by atoms with Crippen molar-refractivity contribution in [3.05, 3.63) is 24.8 Å². The fourth-order valence-electron chi connectivity index (χ4n) is 1.94. The summed E-state index contributed by atoms with van der Waals surface area (Å²) in [5.41, 5.74) is 0.473. The molecule has 0 saturated carbocycles. The van der Waals surface area contributed by atoms with Crippen molar-refractivity contribution in [2.24, 2.45) is 11.3 Å². The van der Waals surface area contributed by atoms with Crippen LogP contribution >= 0.6 is 0 Å². The Morgan fingerprint density at radius 1 is 1.58 bits per heavy atom. The quantitative estimate of drug-likeness (QED) is 0.552. The molecule has 0 aromatic rings. The van der Waals surface area contributed by atoms with Gasteiger partial charge in [0.15, 0.2) is 0 Å². The number of rotatable bonds is 4. The first kappa shape index (κ1) is 9.57. The SMILES string of the molecule is C=CCCC(C)(C)C1C=CCC1. The van der Waals surface area contributed by atoms with Gasteiger partial charge in [0.25, 0.3) is 0 Å². The third kappa shape index (κ3) is 2.23. The molecule has 0 saturated heterocycles. The third-order valence-electron chi connectivity index (χ3n) is 3.01. The Morgan fingerprint density at radius 3 is 2.83 bits per heavy atom. The van der Waals surface area contributed by atoms with Crippen molar-refractivity contribution < 1.29 is 0 Å². The van der Waals surface area contributed by atoms with Crippen LogP contribution in [0, 0.1) is 11.3 Å². The van der Waals surface area contributed by atoms with E-state index in [9.17, 15) is 0 Å². The molecular weight excluding hydrogens is 144 g/mol. The van der Waals surface area contributed by atoms with Gasteiger partial charge in [0.1, 0.15) is 0 Å². The van der Waals surface area contributed by atoms with Gasteiger partial charge in [-0.2, -0.15) is 0 Å². The maximum absolute atomic E-state index is 3.77. The monoisotopic (exact) mass is 164 g/mol. The van der Waals surface area contributed by atoms with Gasteiger partial charge < -0.3 is 0 Å². The smallest absolute Gasteiger partial charge is 0.0179 e. The predicted octanol–water partition coefficient (Wildman–Crippen LogP) is 3.95. The molecule has 0 aromatic heterocycles. The van der Waals surface area contributed by atoms with E-state index in [4.69, 9.17) is 0 Å². The largest absolute Gasteiger partial charge is 0.103 e. The van der Waals surface area contributed by atoms with Crippen LogP contribution in [0.3, 0.4) is 0 Å². The molecule has 0 radical (unpaired) electrons. The van der Waals surface area contributed by atoms with Crippen molar-refractivity contribution in [2.45, 2.75) is 39.5 Å². The predicted molar refractivity (Wildman–Crippen MR) is 55.1 cm³/mol. The zero-order valence-electron chi connectivity index (χ0n) is 8.34. The van der Waals surface area contributed by atoms with E-state index in [0.29, 0.717) is 5.41 Å². The highest BCUT2D eigenvalue weighted by atomic mass is 14.3. The molecule has 0 heterocycles. The lowest BCUT2D eigenvalue weighted by molar-refractivity contribution is 0.237. The van der Waals surface area contributed by atoms with Crippen LogP contribution in [0.4, 0.5) is 0 Å². The molecule has 0 fully saturated rings. The summed E-state index contributed by atoms with van der Waals surface area (Å²) < 4.78 is 0. The maximum Gasteiger partial charge on any atom is -0.0179 e. The first-order valence-corrected chi connectivity index (χ1v) is 4.94. The first-order valence-electron chi connectivity index (χ1n) is 4.94. The minimum Gasteiger partial charge on any atom is -0.103 e. The van der Waals surface area contributed by atoms with Crippen molar-refractivity contribution in [3.8, 4) is 0 Å². The standard InChI is InChI=1S/C12H20/c1-4-5-10-12(2,3)11-8-6-7-9-11/h4,6,8,11H,1,5,7,9-10H2,2-3H3. The molecule has 0 N–H and O–H groups in total. The summed E-state index contributed by atoms with van der Waals surface area (Å²) >= 11 is 0. The molecule has 1 rings (SSSR count). The minimum atomic E-state index is 0.473. The second-order valence-electron chi connectivity index (χ2n) is 4.43. The Balaban J connectivity index is 2.45. The summed E-state index contributed by atoms with van der Waals surface area (Å²) in [6, 6.07) is 0. The Hall–Kier alpha value is -0.520. The second-order valence-corrected chi connectivity index (χ2v) is 4.43. The zero-order chi connectivity index (χ0) is 9.03. The van der Waals surface area contributed by atoms with E-state index in [2.05, 4.69) is 32.6 Å². The highest BCUT2D eigenvalue weighted by Crippen LogP contribution is 2.38. The Bertz CT molecular complexity index is 174. The number of allylic oxidation sites excluding steroid dienone is 3. The van der Waals surface area contributed by atoms with Crippen LogP contribution in [0.15, 0.2) is 24.8 Å². The average molecular weight is 164 g/mol. The van der Waals surface area contributed by atoms with Gasteiger partial charge in [0.05, 0.1) is 0 Å². The third-order valence-corrected chi connectivity index (χ3v) is 3.01. The average Bonchev–Trinajstić information content (AvgIpc) is 2.53. The molecule has 68 valence electrons. The Labute approximate surface area is 76.4 Å². The minimum absolute atomic E-state index is 0.473. The van der Waals surface area contributed by atoms with Crippen molar-refractivity contribution >= 4 is 0 Å². The van der Waals surface area contributed by atoms with E-state index in [0.717, 1.165) is 12.3 Å². The molecule has 1 aliphatic rings. The van der Waals surface area contributed by atoms with Crippen LogP contribution in [-0.2, 0) is 0 Å². The Morgan fingerprint density at radius 2 is 2.33 bits per heavy atom. The number of hydrogen-bond donors (Lipinski definition) is 0. The molecule has 0 nitrogen and oxygen atoms in total. The van der Waals surface area contributed by atoms with Crippen LogP contribution in [-0.4, -0.2) is 0 Å². The molecule has 0 aliphatic heterocycles. The van der Waals surface area contributed by atoms with Crippen molar-refractivity contribution in [1.29, 1.82) is 0 Å². The van der Waals surface area contributed by atoms with Gasteiger partial charge >= 0.3 is 0 Å². The van der Waals surface area contributed by atoms with E-state index in [1.165, 1.54) is 19.3 Å². The van der Waals surface area contributed by atoms with Crippen LogP contribution in [0.5, 0.6) is 0 Å². The maximum atomic E-state index is 3.77. The zero-order valence-corrected chi connectivity index (χ0v) is 8.34. The number of hydrogen-bond acceptors (Lipinski definition) is 0.